The van der Waals surface area contributed by atoms with E-state index in [9.17, 15) is 0 Å². The number of fused-ring (bicyclic) bond motifs is 1. The largest absolute Gasteiger partial charge is 0.335 e. The Morgan fingerprint density at radius 2 is 0.733 bits per heavy atom. The fourth-order valence-electron chi connectivity index (χ4n) is 8.41. The first-order chi connectivity index (χ1) is 29.7. The average Bonchev–Trinajstić information content (AvgIpc) is 3.64. The van der Waals surface area contributed by atoms with Crippen LogP contribution in [-0.4, -0.2) is 4.57 Å². The third-order valence-electron chi connectivity index (χ3n) is 11.4. The molecule has 0 spiro atoms. The first kappa shape index (κ1) is 37.1. The second kappa shape index (κ2) is 16.6. The number of rotatable bonds is 10. The van der Waals surface area contributed by atoms with E-state index in [0.29, 0.717) is 0 Å². The van der Waals surface area contributed by atoms with Crippen molar-refractivity contribution in [3.8, 4) is 55.8 Å². The topological polar surface area (TPSA) is 8.17 Å². The molecule has 0 radical (unpaired) electrons. The van der Waals surface area contributed by atoms with Gasteiger partial charge in [-0.1, -0.05) is 198 Å². The zero-order valence-corrected chi connectivity index (χ0v) is 34.6. The summed E-state index contributed by atoms with van der Waals surface area (Å²) < 4.78 is 3.60. The van der Waals surface area contributed by atoms with Crippen LogP contribution in [0.4, 0.5) is 17.1 Å². The van der Waals surface area contributed by atoms with Gasteiger partial charge in [-0.3, -0.25) is 0 Å². The smallest absolute Gasteiger partial charge is 0.0574 e. The molecule has 0 saturated heterocycles. The molecule has 286 valence electrons. The fraction of sp³-hybridized carbons (Fsp3) is 0.0175. The molecule has 0 aliphatic rings. The molecule has 0 N–H and O–H groups in total. The predicted molar refractivity (Wildman–Crippen MR) is 257 cm³/mol. The Labute approximate surface area is 360 Å². The van der Waals surface area contributed by atoms with Crippen LogP contribution in [0, 0.1) is 0 Å². The highest BCUT2D eigenvalue weighted by molar-refractivity contribution is 9.10. The number of hydrogen-bond acceptors (Lipinski definition) is 1. The molecule has 0 atom stereocenters. The van der Waals surface area contributed by atoms with Crippen LogP contribution in [0.5, 0.6) is 0 Å². The van der Waals surface area contributed by atoms with Gasteiger partial charge in [-0.25, -0.2) is 0 Å². The summed E-state index contributed by atoms with van der Waals surface area (Å²) in [6.07, 6.45) is 0. The number of anilines is 3. The maximum atomic E-state index is 3.85. The van der Waals surface area contributed by atoms with Crippen molar-refractivity contribution in [2.45, 2.75) is 6.54 Å². The monoisotopic (exact) mass is 832 g/mol. The van der Waals surface area contributed by atoms with Gasteiger partial charge in [0.05, 0.1) is 5.69 Å². The number of nitrogens with zero attached hydrogens (tertiary/aromatic N) is 2. The summed E-state index contributed by atoms with van der Waals surface area (Å²) >= 11 is 3.85. The van der Waals surface area contributed by atoms with Crippen molar-refractivity contribution >= 4 is 43.9 Å². The lowest BCUT2D eigenvalue weighted by molar-refractivity contribution is 0.841. The molecule has 0 fully saturated rings. The van der Waals surface area contributed by atoms with Crippen molar-refractivity contribution in [1.29, 1.82) is 0 Å². The highest BCUT2D eigenvalue weighted by atomic mass is 79.9. The van der Waals surface area contributed by atoms with E-state index < -0.39 is 0 Å². The zero-order valence-electron chi connectivity index (χ0n) is 33.0. The van der Waals surface area contributed by atoms with E-state index in [1.165, 1.54) is 72.2 Å². The van der Waals surface area contributed by atoms with Crippen molar-refractivity contribution < 1.29 is 0 Å². The Morgan fingerprint density at radius 3 is 1.22 bits per heavy atom. The van der Waals surface area contributed by atoms with Crippen LogP contribution < -0.4 is 4.90 Å². The average molecular weight is 834 g/mol. The standard InChI is InChI=1S/C57H41BrN2/c58-54-24-14-13-23-49(54)40-59-55-38-31-48(39-53(55)56(46-19-9-3-10-20-46)57(59)47-21-11-4-12-22-47)45-29-36-52(37-30-45)60(50-32-25-43(26-33-50)41-15-5-1-6-16-41)51-34-27-44(28-35-51)42-17-7-2-8-18-42/h1-39H,40H2. The Kier molecular flexibility index (Phi) is 10.2. The maximum Gasteiger partial charge on any atom is 0.0574 e. The quantitative estimate of drug-likeness (QED) is 0.133. The summed E-state index contributed by atoms with van der Waals surface area (Å²) in [5.41, 5.74) is 17.7. The van der Waals surface area contributed by atoms with Crippen LogP contribution in [0.3, 0.4) is 0 Å². The van der Waals surface area contributed by atoms with E-state index in [1.807, 2.05) is 0 Å². The van der Waals surface area contributed by atoms with Gasteiger partial charge in [0.1, 0.15) is 0 Å². The maximum absolute atomic E-state index is 3.85. The first-order valence-electron chi connectivity index (χ1n) is 20.4. The minimum absolute atomic E-state index is 0.734. The zero-order chi connectivity index (χ0) is 40.3. The second-order valence-electron chi connectivity index (χ2n) is 15.1. The third-order valence-corrected chi connectivity index (χ3v) is 12.2. The summed E-state index contributed by atoms with van der Waals surface area (Å²) in [7, 11) is 0. The number of benzene rings is 9. The normalized spacial score (nSPS) is 11.2. The molecular weight excluding hydrogens is 793 g/mol. The van der Waals surface area contributed by atoms with Gasteiger partial charge in [-0.2, -0.15) is 0 Å². The highest BCUT2D eigenvalue weighted by Crippen LogP contribution is 2.44. The lowest BCUT2D eigenvalue weighted by Crippen LogP contribution is -2.09. The number of aromatic nitrogens is 1. The molecule has 10 aromatic rings. The minimum atomic E-state index is 0.734. The summed E-state index contributed by atoms with van der Waals surface area (Å²) in [5, 5.41) is 1.23. The van der Waals surface area contributed by atoms with Gasteiger partial charge < -0.3 is 9.47 Å². The van der Waals surface area contributed by atoms with Gasteiger partial charge in [0.2, 0.25) is 0 Å². The second-order valence-corrected chi connectivity index (χ2v) is 15.9. The third kappa shape index (κ3) is 7.36. The Balaban J connectivity index is 1.07. The molecule has 0 aliphatic heterocycles. The van der Waals surface area contributed by atoms with Crippen molar-refractivity contribution in [1.82, 2.24) is 4.57 Å². The SMILES string of the molecule is Brc1ccccc1Cn1c(-c2ccccc2)c(-c2ccccc2)c2cc(-c3ccc(N(c4ccc(-c5ccccc5)cc4)c4ccc(-c5ccccc5)cc4)cc3)ccc21. The summed E-state index contributed by atoms with van der Waals surface area (Å²) in [6.45, 7) is 0.734. The summed E-state index contributed by atoms with van der Waals surface area (Å²) in [4.78, 5) is 2.35. The molecule has 10 rings (SSSR count). The molecule has 1 aromatic heterocycles. The Hall–Kier alpha value is -7.20. The molecule has 60 heavy (non-hydrogen) atoms. The van der Waals surface area contributed by atoms with E-state index in [4.69, 9.17) is 0 Å². The molecule has 0 unspecified atom stereocenters. The molecule has 0 aliphatic carbocycles. The van der Waals surface area contributed by atoms with Gasteiger partial charge >= 0.3 is 0 Å². The molecule has 2 nitrogen and oxygen atoms in total. The molecule has 0 amide bonds. The van der Waals surface area contributed by atoms with Gasteiger partial charge in [0, 0.05) is 44.5 Å². The molecule has 0 bridgehead atoms. The van der Waals surface area contributed by atoms with Gasteiger partial charge in [-0.05, 0) is 105 Å². The Morgan fingerprint density at radius 1 is 0.350 bits per heavy atom. The highest BCUT2D eigenvalue weighted by Gasteiger charge is 2.22. The van der Waals surface area contributed by atoms with Crippen LogP contribution in [0.25, 0.3) is 66.7 Å². The molecule has 3 heteroatoms. The van der Waals surface area contributed by atoms with Gasteiger partial charge in [0.25, 0.3) is 0 Å². The summed E-state index contributed by atoms with van der Waals surface area (Å²) in [5.74, 6) is 0. The van der Waals surface area contributed by atoms with E-state index in [-0.39, 0.29) is 0 Å². The molecule has 1 heterocycles. The number of halogens is 1. The van der Waals surface area contributed by atoms with Crippen molar-refractivity contribution in [2.24, 2.45) is 0 Å². The predicted octanol–water partition coefficient (Wildman–Crippen LogP) is 16.3. The number of hydrogen-bond donors (Lipinski definition) is 0. The molecule has 0 saturated carbocycles. The van der Waals surface area contributed by atoms with E-state index in [0.717, 1.165) is 28.1 Å². The van der Waals surface area contributed by atoms with E-state index in [1.54, 1.807) is 0 Å². The lowest BCUT2D eigenvalue weighted by Gasteiger charge is -2.26. The van der Waals surface area contributed by atoms with E-state index >= 15 is 0 Å². The first-order valence-corrected chi connectivity index (χ1v) is 21.2. The van der Waals surface area contributed by atoms with E-state index in [2.05, 4.69) is 262 Å². The summed E-state index contributed by atoms with van der Waals surface area (Å²) in [6, 6.07) is 85.1. The van der Waals surface area contributed by atoms with Gasteiger partial charge in [-0.15, -0.1) is 0 Å². The molecule has 9 aromatic carbocycles. The minimum Gasteiger partial charge on any atom is -0.335 e. The van der Waals surface area contributed by atoms with Crippen LogP contribution in [0.2, 0.25) is 0 Å². The van der Waals surface area contributed by atoms with Crippen molar-refractivity contribution in [3.63, 3.8) is 0 Å². The van der Waals surface area contributed by atoms with Crippen molar-refractivity contribution in [3.05, 3.63) is 247 Å². The molecular formula is C57H41BrN2. The van der Waals surface area contributed by atoms with Crippen LogP contribution in [-0.2, 0) is 6.54 Å². The fourth-order valence-corrected chi connectivity index (χ4v) is 8.82. The van der Waals surface area contributed by atoms with Crippen LogP contribution in [0.1, 0.15) is 5.56 Å². The van der Waals surface area contributed by atoms with Crippen LogP contribution in [0.15, 0.2) is 241 Å². The van der Waals surface area contributed by atoms with Gasteiger partial charge in [0.15, 0.2) is 0 Å². The Bertz CT molecular complexity index is 2930. The van der Waals surface area contributed by atoms with Crippen LogP contribution >= 0.6 is 15.9 Å². The lowest BCUT2D eigenvalue weighted by atomic mass is 9.96. The van der Waals surface area contributed by atoms with Crippen molar-refractivity contribution in [2.75, 3.05) is 4.90 Å².